The molecular weight excluding hydrogens is 429 g/mol. The molecule has 0 aliphatic carbocycles. The first-order valence-electron chi connectivity index (χ1n) is 8.23. The van der Waals surface area contributed by atoms with Crippen LogP contribution in [0.2, 0.25) is 5.15 Å². The van der Waals surface area contributed by atoms with Crippen LogP contribution in [0.3, 0.4) is 0 Å². The van der Waals surface area contributed by atoms with E-state index in [9.17, 15) is 18.0 Å². The SMILES string of the molecule is CC(Sc1nnc(-c2ccncc2)n1CC(F)(F)F)C(=O)Nc1cccnc1Cl. The third-order valence-electron chi connectivity index (χ3n) is 3.66. The van der Waals surface area contributed by atoms with Crippen molar-refractivity contribution in [2.75, 3.05) is 5.32 Å². The molecule has 0 fully saturated rings. The molecule has 3 rings (SSSR count). The van der Waals surface area contributed by atoms with E-state index in [0.717, 1.165) is 16.3 Å². The Morgan fingerprint density at radius 3 is 2.62 bits per heavy atom. The van der Waals surface area contributed by atoms with Crippen molar-refractivity contribution in [2.24, 2.45) is 0 Å². The normalized spacial score (nSPS) is 12.6. The highest BCUT2D eigenvalue weighted by molar-refractivity contribution is 8.00. The first-order valence-corrected chi connectivity index (χ1v) is 9.49. The number of nitrogens with one attached hydrogen (secondary N) is 1. The second kappa shape index (κ2) is 8.78. The molecule has 1 amide bonds. The van der Waals surface area contributed by atoms with Gasteiger partial charge in [0.25, 0.3) is 0 Å². The molecule has 1 N–H and O–H groups in total. The molecule has 1 atom stereocenters. The zero-order valence-corrected chi connectivity index (χ0v) is 16.5. The number of amides is 1. The van der Waals surface area contributed by atoms with Gasteiger partial charge in [0.05, 0.1) is 10.9 Å². The molecule has 1 unspecified atom stereocenters. The lowest BCUT2D eigenvalue weighted by molar-refractivity contribution is -0.141. The summed E-state index contributed by atoms with van der Waals surface area (Å²) in [7, 11) is 0. The summed E-state index contributed by atoms with van der Waals surface area (Å²) in [5.41, 5.74) is 0.740. The second-order valence-corrected chi connectivity index (χ2v) is 7.50. The van der Waals surface area contributed by atoms with Crippen LogP contribution in [0.5, 0.6) is 0 Å². The molecule has 0 spiro atoms. The van der Waals surface area contributed by atoms with E-state index in [-0.39, 0.29) is 16.1 Å². The number of anilines is 1. The van der Waals surface area contributed by atoms with Crippen molar-refractivity contribution in [2.45, 2.75) is 30.1 Å². The first kappa shape index (κ1) is 21.1. The predicted octanol–water partition coefficient (Wildman–Crippen LogP) is 4.07. The Balaban J connectivity index is 1.83. The van der Waals surface area contributed by atoms with Crippen molar-refractivity contribution in [3.63, 3.8) is 0 Å². The molecule has 3 aromatic heterocycles. The van der Waals surface area contributed by atoms with E-state index in [1.807, 2.05) is 0 Å². The number of aromatic nitrogens is 5. The van der Waals surface area contributed by atoms with E-state index in [2.05, 4.69) is 25.5 Å². The van der Waals surface area contributed by atoms with Gasteiger partial charge in [0, 0.05) is 24.2 Å². The van der Waals surface area contributed by atoms with Crippen LogP contribution in [-0.2, 0) is 11.3 Å². The van der Waals surface area contributed by atoms with Gasteiger partial charge in [-0.2, -0.15) is 13.2 Å². The molecule has 0 bridgehead atoms. The molecule has 0 aliphatic heterocycles. The van der Waals surface area contributed by atoms with Crippen molar-refractivity contribution in [3.05, 3.63) is 48.0 Å². The Kier molecular flexibility index (Phi) is 6.38. The van der Waals surface area contributed by atoms with Gasteiger partial charge in [0.1, 0.15) is 6.54 Å². The van der Waals surface area contributed by atoms with Crippen LogP contribution >= 0.6 is 23.4 Å². The van der Waals surface area contributed by atoms with Crippen LogP contribution in [0.25, 0.3) is 11.4 Å². The lowest BCUT2D eigenvalue weighted by atomic mass is 10.2. The van der Waals surface area contributed by atoms with E-state index in [0.29, 0.717) is 11.3 Å². The molecule has 0 radical (unpaired) electrons. The van der Waals surface area contributed by atoms with Crippen LogP contribution in [0, 0.1) is 0 Å². The third-order valence-corrected chi connectivity index (χ3v) is 5.04. The first-order chi connectivity index (χ1) is 13.7. The molecule has 3 heterocycles. The molecule has 0 aliphatic rings. The highest BCUT2D eigenvalue weighted by Crippen LogP contribution is 2.30. The largest absolute Gasteiger partial charge is 0.406 e. The van der Waals surface area contributed by atoms with Crippen LogP contribution in [0.4, 0.5) is 18.9 Å². The number of rotatable bonds is 6. The summed E-state index contributed by atoms with van der Waals surface area (Å²) in [6, 6.07) is 6.23. The second-order valence-electron chi connectivity index (χ2n) is 5.83. The van der Waals surface area contributed by atoms with Crippen LogP contribution in [0.1, 0.15) is 6.92 Å². The summed E-state index contributed by atoms with van der Waals surface area (Å²) in [4.78, 5) is 20.1. The average molecular weight is 443 g/mol. The number of thioether (sulfide) groups is 1. The fraction of sp³-hybridized carbons (Fsp3) is 0.235. The Labute approximate surface area is 172 Å². The molecule has 12 heteroatoms. The van der Waals surface area contributed by atoms with E-state index in [1.54, 1.807) is 19.1 Å². The van der Waals surface area contributed by atoms with Crippen LogP contribution in [-0.4, -0.2) is 42.1 Å². The maximum Gasteiger partial charge on any atom is 0.406 e. The number of carbonyl (C=O) groups excluding carboxylic acids is 1. The fourth-order valence-electron chi connectivity index (χ4n) is 2.34. The molecule has 7 nitrogen and oxygen atoms in total. The summed E-state index contributed by atoms with van der Waals surface area (Å²) in [5.74, 6) is -0.424. The van der Waals surface area contributed by atoms with E-state index >= 15 is 0 Å². The third kappa shape index (κ3) is 5.45. The Morgan fingerprint density at radius 2 is 1.97 bits per heavy atom. The summed E-state index contributed by atoms with van der Waals surface area (Å²) >= 11 is 6.77. The fourth-order valence-corrected chi connectivity index (χ4v) is 3.35. The summed E-state index contributed by atoms with van der Waals surface area (Å²) in [6.07, 6.45) is -0.129. The topological polar surface area (TPSA) is 85.6 Å². The standard InChI is InChI=1S/C17H14ClF3N6OS/c1-10(15(28)24-12-3-2-6-23-13(12)18)29-16-26-25-14(11-4-7-22-8-5-11)27(16)9-17(19,20)21/h2-8,10H,9H2,1H3,(H,24,28). The number of nitrogens with zero attached hydrogens (tertiary/aromatic N) is 5. The highest BCUT2D eigenvalue weighted by Gasteiger charge is 2.32. The Hall–Kier alpha value is -2.66. The van der Waals surface area contributed by atoms with Gasteiger partial charge in [-0.15, -0.1) is 10.2 Å². The summed E-state index contributed by atoms with van der Waals surface area (Å²) in [5, 5.41) is 9.64. The van der Waals surface area contributed by atoms with Crippen molar-refractivity contribution in [3.8, 4) is 11.4 Å². The van der Waals surface area contributed by atoms with Gasteiger partial charge < -0.3 is 5.32 Å². The van der Waals surface area contributed by atoms with E-state index in [4.69, 9.17) is 11.6 Å². The van der Waals surface area contributed by atoms with E-state index < -0.39 is 23.9 Å². The van der Waals surface area contributed by atoms with Gasteiger partial charge >= 0.3 is 6.18 Å². The van der Waals surface area contributed by atoms with Gasteiger partial charge in [-0.3, -0.25) is 14.3 Å². The average Bonchev–Trinajstić information content (AvgIpc) is 3.04. The highest BCUT2D eigenvalue weighted by atomic mass is 35.5. The number of carbonyl (C=O) groups is 1. The Bertz CT molecular complexity index is 998. The lowest BCUT2D eigenvalue weighted by Crippen LogP contribution is -2.24. The number of hydrogen-bond acceptors (Lipinski definition) is 6. The number of halogens is 4. The van der Waals surface area contributed by atoms with Crippen molar-refractivity contribution in [1.82, 2.24) is 24.7 Å². The number of hydrogen-bond donors (Lipinski definition) is 1. The van der Waals surface area contributed by atoms with Gasteiger partial charge in [-0.05, 0) is 31.2 Å². The monoisotopic (exact) mass is 442 g/mol. The van der Waals surface area contributed by atoms with Gasteiger partial charge in [-0.1, -0.05) is 23.4 Å². The summed E-state index contributed by atoms with van der Waals surface area (Å²) in [6.45, 7) is 0.256. The minimum absolute atomic E-state index is 0.0333. The maximum absolute atomic E-state index is 13.1. The van der Waals surface area contributed by atoms with Gasteiger partial charge in [0.2, 0.25) is 5.91 Å². The molecular formula is C17H14ClF3N6OS. The predicted molar refractivity (Wildman–Crippen MR) is 103 cm³/mol. The smallest absolute Gasteiger partial charge is 0.322 e. The molecule has 3 aromatic rings. The zero-order valence-electron chi connectivity index (χ0n) is 14.9. The molecule has 29 heavy (non-hydrogen) atoms. The van der Waals surface area contributed by atoms with Crippen molar-refractivity contribution in [1.29, 1.82) is 0 Å². The molecule has 0 aromatic carbocycles. The van der Waals surface area contributed by atoms with Crippen molar-refractivity contribution < 1.29 is 18.0 Å². The van der Waals surface area contributed by atoms with Gasteiger partial charge in [-0.25, -0.2) is 4.98 Å². The maximum atomic E-state index is 13.1. The van der Waals surface area contributed by atoms with Gasteiger partial charge in [0.15, 0.2) is 16.1 Å². The molecule has 0 saturated carbocycles. The lowest BCUT2D eigenvalue weighted by Gasteiger charge is -2.15. The van der Waals surface area contributed by atoms with Crippen LogP contribution < -0.4 is 5.32 Å². The molecule has 0 saturated heterocycles. The number of pyridine rings is 2. The minimum Gasteiger partial charge on any atom is -0.322 e. The van der Waals surface area contributed by atoms with Crippen LogP contribution in [0.15, 0.2) is 48.0 Å². The Morgan fingerprint density at radius 1 is 1.24 bits per heavy atom. The summed E-state index contributed by atoms with van der Waals surface area (Å²) < 4.78 is 40.3. The minimum atomic E-state index is -4.49. The number of alkyl halides is 3. The van der Waals surface area contributed by atoms with Crippen molar-refractivity contribution >= 4 is 35.0 Å². The van der Waals surface area contributed by atoms with E-state index in [1.165, 1.54) is 30.7 Å². The quantitative estimate of drug-likeness (QED) is 0.457. The zero-order chi connectivity index (χ0) is 21.0. The molecule has 152 valence electrons.